The van der Waals surface area contributed by atoms with Crippen LogP contribution < -0.4 is 26.6 Å². The maximum absolute atomic E-state index is 13.5. The highest BCUT2D eigenvalue weighted by molar-refractivity contribution is 5.97. The molecule has 5 atom stereocenters. The monoisotopic (exact) mass is 618 g/mol. The van der Waals surface area contributed by atoms with Crippen molar-refractivity contribution < 1.29 is 38.0 Å². The number of aromatic nitrogens is 1. The zero-order valence-corrected chi connectivity index (χ0v) is 26.5. The minimum Gasteiger partial charge on any atom is -0.463 e. The summed E-state index contributed by atoms with van der Waals surface area (Å²) >= 11 is 0. The van der Waals surface area contributed by atoms with E-state index in [0.29, 0.717) is 18.7 Å². The van der Waals surface area contributed by atoms with Crippen LogP contribution in [0.4, 0.5) is 0 Å². The van der Waals surface area contributed by atoms with Gasteiger partial charge in [-0.15, -0.1) is 0 Å². The van der Waals surface area contributed by atoms with Crippen molar-refractivity contribution >= 4 is 35.5 Å². The molecule has 1 saturated heterocycles. The summed E-state index contributed by atoms with van der Waals surface area (Å²) < 4.78 is 9.84. The third-order valence-electron chi connectivity index (χ3n) is 6.97. The second-order valence-corrected chi connectivity index (χ2v) is 11.7. The maximum Gasteiger partial charge on any atom is 0.330 e. The van der Waals surface area contributed by atoms with Crippen LogP contribution in [-0.2, 0) is 28.7 Å². The smallest absolute Gasteiger partial charge is 0.330 e. The number of aryl methyl sites for hydroxylation is 1. The fourth-order valence-electron chi connectivity index (χ4n) is 4.62. The van der Waals surface area contributed by atoms with Crippen LogP contribution in [0.3, 0.4) is 0 Å². The summed E-state index contributed by atoms with van der Waals surface area (Å²) in [6, 6.07) is -2.22. The lowest BCUT2D eigenvalue weighted by atomic mass is 9.96. The van der Waals surface area contributed by atoms with E-state index in [-0.39, 0.29) is 48.8 Å². The Morgan fingerprint density at radius 3 is 2.30 bits per heavy atom. The Hall–Kier alpha value is -4.23. The van der Waals surface area contributed by atoms with Crippen LogP contribution in [0, 0.1) is 24.7 Å². The summed E-state index contributed by atoms with van der Waals surface area (Å²) in [6.07, 6.45) is 3.85. The van der Waals surface area contributed by atoms with E-state index in [9.17, 15) is 28.8 Å². The Morgan fingerprint density at radius 2 is 1.75 bits per heavy atom. The van der Waals surface area contributed by atoms with Crippen molar-refractivity contribution in [2.45, 2.75) is 91.9 Å². The molecule has 1 fully saturated rings. The van der Waals surface area contributed by atoms with Gasteiger partial charge in [0.05, 0.1) is 6.61 Å². The molecule has 1 aromatic heterocycles. The van der Waals surface area contributed by atoms with Gasteiger partial charge in [0.15, 0.2) is 5.69 Å². The lowest BCUT2D eigenvalue weighted by Crippen LogP contribution is -2.58. The topological polar surface area (TPSA) is 198 Å². The first-order valence-corrected chi connectivity index (χ1v) is 15.0. The maximum atomic E-state index is 13.5. The van der Waals surface area contributed by atoms with Gasteiger partial charge < -0.3 is 35.8 Å². The summed E-state index contributed by atoms with van der Waals surface area (Å²) in [6.45, 7) is 12.8. The molecule has 0 saturated carbocycles. The number of nitrogens with one attached hydrogen (secondary N) is 5. The first kappa shape index (κ1) is 36.0. The molecule has 14 nitrogen and oxygen atoms in total. The minimum atomic E-state index is -1.01. The van der Waals surface area contributed by atoms with Gasteiger partial charge in [-0.25, -0.2) is 4.79 Å². The van der Waals surface area contributed by atoms with Crippen molar-refractivity contribution in [2.75, 3.05) is 13.2 Å². The van der Waals surface area contributed by atoms with Gasteiger partial charge in [-0.2, -0.15) is 0 Å². The van der Waals surface area contributed by atoms with Crippen LogP contribution in [0.2, 0.25) is 0 Å². The molecule has 244 valence electrons. The van der Waals surface area contributed by atoms with Crippen molar-refractivity contribution in [3.8, 4) is 0 Å². The Kier molecular flexibility index (Phi) is 14.0. The first-order chi connectivity index (χ1) is 20.7. The molecule has 44 heavy (non-hydrogen) atoms. The number of rotatable bonds is 16. The van der Waals surface area contributed by atoms with Gasteiger partial charge in [0, 0.05) is 30.6 Å². The standard InChI is InChI=1S/C30H46N6O8/c1-8-43-24(37)10-9-21(15-20-11-12-31-27(20)39)33-28(40)22(13-16(2)3)34-30(42)25(17(4)5)35-26(38)19(7)32-29(41)23-14-18(6)44-36-23/h9-10,14,16-17,19-22,25H,8,11-13,15H2,1-7H3,(H,31,39)(H,32,41)(H,33,40)(H,34,42)(H,35,38)/b10-9+/t19-,20?,21+,22-,25-/m0/s1. The van der Waals surface area contributed by atoms with E-state index in [1.54, 1.807) is 27.7 Å². The molecule has 0 aliphatic carbocycles. The highest BCUT2D eigenvalue weighted by Gasteiger charge is 2.33. The molecule has 1 unspecified atom stereocenters. The highest BCUT2D eigenvalue weighted by Crippen LogP contribution is 2.18. The minimum absolute atomic E-state index is 0.0164. The SMILES string of the molecule is CCOC(=O)/C=C/[C@H](CC1CCNC1=O)NC(=O)[C@H](CC(C)C)NC(=O)[C@@H](NC(=O)[C@H](C)NC(=O)c1cc(C)on1)C(C)C. The fourth-order valence-corrected chi connectivity index (χ4v) is 4.62. The van der Waals surface area contributed by atoms with Gasteiger partial charge in [0.25, 0.3) is 5.91 Å². The Balaban J connectivity index is 2.13. The summed E-state index contributed by atoms with van der Waals surface area (Å²) in [5.74, 6) is -3.23. The lowest BCUT2D eigenvalue weighted by molar-refractivity contribution is -0.137. The van der Waals surface area contributed by atoms with Crippen molar-refractivity contribution in [3.05, 3.63) is 29.7 Å². The molecular formula is C30H46N6O8. The predicted molar refractivity (Wildman–Crippen MR) is 160 cm³/mol. The third-order valence-corrected chi connectivity index (χ3v) is 6.97. The van der Waals surface area contributed by atoms with E-state index < -0.39 is 53.8 Å². The van der Waals surface area contributed by atoms with Gasteiger partial charge >= 0.3 is 5.97 Å². The number of carbonyl (C=O) groups is 6. The molecule has 5 N–H and O–H groups in total. The van der Waals surface area contributed by atoms with Crippen LogP contribution in [0.15, 0.2) is 22.7 Å². The average Bonchev–Trinajstić information content (AvgIpc) is 3.56. The zero-order valence-electron chi connectivity index (χ0n) is 26.5. The molecule has 2 rings (SSSR count). The third kappa shape index (κ3) is 11.5. The van der Waals surface area contributed by atoms with E-state index in [2.05, 4.69) is 31.7 Å². The van der Waals surface area contributed by atoms with E-state index in [1.165, 1.54) is 25.1 Å². The number of esters is 1. The molecule has 0 bridgehead atoms. The van der Waals surface area contributed by atoms with E-state index >= 15 is 0 Å². The average molecular weight is 619 g/mol. The quantitative estimate of drug-likeness (QED) is 0.132. The van der Waals surface area contributed by atoms with Gasteiger partial charge in [0.1, 0.15) is 23.9 Å². The lowest BCUT2D eigenvalue weighted by Gasteiger charge is -2.28. The fraction of sp³-hybridized carbons (Fsp3) is 0.633. The molecule has 5 amide bonds. The molecule has 2 heterocycles. The first-order valence-electron chi connectivity index (χ1n) is 15.0. The molecule has 14 heteroatoms. The van der Waals surface area contributed by atoms with Gasteiger partial charge in [-0.1, -0.05) is 38.9 Å². The molecular weight excluding hydrogens is 572 g/mol. The van der Waals surface area contributed by atoms with E-state index in [1.807, 2.05) is 13.8 Å². The van der Waals surface area contributed by atoms with Crippen LogP contribution in [0.1, 0.15) is 77.1 Å². The summed E-state index contributed by atoms with van der Waals surface area (Å²) in [5.41, 5.74) is 0.0202. The number of nitrogens with zero attached hydrogens (tertiary/aromatic N) is 1. The Bertz CT molecular complexity index is 1210. The van der Waals surface area contributed by atoms with Crippen molar-refractivity contribution in [2.24, 2.45) is 17.8 Å². The summed E-state index contributed by atoms with van der Waals surface area (Å²) in [4.78, 5) is 76.4. The van der Waals surface area contributed by atoms with Crippen molar-refractivity contribution in [1.82, 2.24) is 31.7 Å². The number of carbonyl (C=O) groups excluding carboxylic acids is 6. The summed E-state index contributed by atoms with van der Waals surface area (Å²) in [5, 5.41) is 17.2. The molecule has 0 radical (unpaired) electrons. The van der Waals surface area contributed by atoms with Crippen LogP contribution in [0.5, 0.6) is 0 Å². The second-order valence-electron chi connectivity index (χ2n) is 11.7. The molecule has 0 aromatic carbocycles. The molecule has 1 aliphatic heterocycles. The molecule has 0 spiro atoms. The van der Waals surface area contributed by atoms with E-state index in [4.69, 9.17) is 9.26 Å². The number of hydrogen-bond donors (Lipinski definition) is 5. The Morgan fingerprint density at radius 1 is 1.05 bits per heavy atom. The van der Waals surface area contributed by atoms with Crippen molar-refractivity contribution in [1.29, 1.82) is 0 Å². The zero-order chi connectivity index (χ0) is 33.0. The van der Waals surface area contributed by atoms with E-state index in [0.717, 1.165) is 0 Å². The predicted octanol–water partition coefficient (Wildman–Crippen LogP) is 0.903. The number of amides is 5. The normalized spacial score (nSPS) is 17.5. The van der Waals surface area contributed by atoms with Crippen molar-refractivity contribution in [3.63, 3.8) is 0 Å². The largest absolute Gasteiger partial charge is 0.463 e. The van der Waals surface area contributed by atoms with Crippen LogP contribution >= 0.6 is 0 Å². The number of hydrogen-bond acceptors (Lipinski definition) is 9. The highest BCUT2D eigenvalue weighted by atomic mass is 16.5. The van der Waals surface area contributed by atoms with Crippen LogP contribution in [0.25, 0.3) is 0 Å². The van der Waals surface area contributed by atoms with Gasteiger partial charge in [0.2, 0.25) is 23.6 Å². The van der Waals surface area contributed by atoms with Crippen LogP contribution in [-0.4, -0.2) is 78.0 Å². The number of ether oxygens (including phenoxy) is 1. The molecule has 1 aromatic rings. The van der Waals surface area contributed by atoms with Gasteiger partial charge in [-0.3, -0.25) is 24.0 Å². The summed E-state index contributed by atoms with van der Waals surface area (Å²) in [7, 11) is 0. The Labute approximate surface area is 257 Å². The van der Waals surface area contributed by atoms with Gasteiger partial charge in [-0.05, 0) is 51.9 Å². The molecule has 1 aliphatic rings. The second kappa shape index (κ2) is 17.2.